The van der Waals surface area contributed by atoms with Gasteiger partial charge in [-0.1, -0.05) is 146 Å². The number of H-pyrrole nitrogens is 1. The van der Waals surface area contributed by atoms with Crippen LogP contribution in [-0.4, -0.2) is 183 Å². The highest BCUT2D eigenvalue weighted by Crippen LogP contribution is 2.35. The van der Waals surface area contributed by atoms with Crippen LogP contribution in [0.1, 0.15) is 102 Å². The van der Waals surface area contributed by atoms with E-state index in [2.05, 4.69) is 92.3 Å². The fraction of sp³-hybridized carbons (Fsp3) is 0.376. The number of piperazine rings is 1. The number of hydrazine groups is 1. The molecule has 14 rings (SSSR count). The number of anilines is 4. The standard InChI is InChI=1S/C26H35N5O2.C20H21ClF3N3O.C20H21F3N4.C19H21ClN4O2/c1-19-17-30(18-21-11-7-5-8-12-21)16-15-23(19)28(3)26(33)27-24-20(2)29(4)31(25(24)32)22-13-9-6-10-14-22;21-17-9-6-15(20(22,23)24)12-18(17)26-19(28)25-16-7-4-14(5-8-16)13-27-10-2-1-3-11-27;21-20(22,23)16-5-3-4-15(12-16)13-26-8-10-27(11-9-26)14-19-24-17-6-1-2-7-18(17)25-19;1-13-5-2-3-6-15(13)18(25)24-11-8-14(9-12-24)22-19(26)23-16-7-4-10-21-17(16)20/h5-14,19-20,23-24H,15-18H2,1-4H3,(H,27,33);4-9,12H,1-3,10-11,13H2,(H2,25,26,28);1-7,12H,8-11,13-14H2,(H,24,25);2-7,10,14H,8-9,11-12H2,1H3,(H2,22,23,26). The van der Waals surface area contributed by atoms with E-state index in [1.807, 2.05) is 135 Å². The van der Waals surface area contributed by atoms with Crippen LogP contribution >= 0.6 is 23.2 Å². The smallest absolute Gasteiger partial charge is 0.341 e. The maximum absolute atomic E-state index is 13.2. The molecule has 5 aliphatic heterocycles. The van der Waals surface area contributed by atoms with Gasteiger partial charge in [-0.15, -0.1) is 0 Å². The van der Waals surface area contributed by atoms with Crippen LogP contribution in [0, 0.1) is 12.8 Å². The number of benzene rings is 7. The minimum atomic E-state index is -4.51. The number of pyridine rings is 1. The molecule has 29 heteroatoms. The van der Waals surface area contributed by atoms with Gasteiger partial charge in [-0.3, -0.25) is 29.2 Å². The SMILES string of the molecule is CC1CN(Cc2ccccc2)CCC1N(C)C(=O)NC1C(=O)N(c2ccccc2)N(C)C1C.Cc1ccccc1C(=O)N1CCC(NC(=O)Nc2cccnc2Cl)CC1.FC(F)(F)c1cccc(CN2CCN(Cc3nc4ccccc4[nH]3)CC2)c1.O=C(Nc1ccc(CN2CCCCC2)cc1)Nc1cc(C(F)(F)F)ccc1Cl. The van der Waals surface area contributed by atoms with Crippen molar-refractivity contribution in [1.82, 2.24) is 60.0 Å². The highest BCUT2D eigenvalue weighted by molar-refractivity contribution is 6.34. The molecular formula is C85H98Cl2F6N16O5. The lowest BCUT2D eigenvalue weighted by atomic mass is 9.92. The molecule has 4 atom stereocenters. The average molecular weight is 1610 g/mol. The molecule has 21 nitrogen and oxygen atoms in total. The fourth-order valence-corrected chi connectivity index (χ4v) is 15.1. The number of rotatable bonds is 16. The van der Waals surface area contributed by atoms with Crippen LogP contribution < -0.4 is 31.6 Å². The molecular weight excluding hydrogens is 1510 g/mol. The number of likely N-dealkylation sites (tertiary alicyclic amines) is 3. The molecule has 0 radical (unpaired) electrons. The maximum atomic E-state index is 13.2. The Morgan fingerprint density at radius 2 is 1.17 bits per heavy atom. The second-order valence-electron chi connectivity index (χ2n) is 29.5. The topological polar surface area (TPSA) is 213 Å². The van der Waals surface area contributed by atoms with Gasteiger partial charge in [0.1, 0.15) is 11.9 Å². The van der Waals surface area contributed by atoms with Crippen LogP contribution in [0.4, 0.5) is 63.5 Å². The lowest BCUT2D eigenvalue weighted by Crippen LogP contribution is -2.56. The van der Waals surface area contributed by atoms with Crippen LogP contribution in [0.3, 0.4) is 0 Å². The second kappa shape index (κ2) is 39.8. The Morgan fingerprint density at radius 3 is 1.83 bits per heavy atom. The summed E-state index contributed by atoms with van der Waals surface area (Å²) in [6.07, 6.45) is -1.17. The van der Waals surface area contributed by atoms with Crippen molar-refractivity contribution >= 4 is 86.9 Å². The number of alkyl halides is 6. The zero-order valence-electron chi connectivity index (χ0n) is 64.5. The third-order valence-corrected chi connectivity index (χ3v) is 21.8. The number of aryl methyl sites for hydroxylation is 1. The molecule has 604 valence electrons. The molecule has 7 heterocycles. The minimum Gasteiger partial charge on any atom is -0.341 e. The molecule has 5 aliphatic rings. The first-order valence-electron chi connectivity index (χ1n) is 38.4. The first-order chi connectivity index (χ1) is 54.7. The van der Waals surface area contributed by atoms with Gasteiger partial charge in [-0.25, -0.2) is 34.4 Å². The Hall–Kier alpha value is -10.1. The van der Waals surface area contributed by atoms with Crippen molar-refractivity contribution in [1.29, 1.82) is 0 Å². The summed E-state index contributed by atoms with van der Waals surface area (Å²) in [6, 6.07) is 53.1. The van der Waals surface area contributed by atoms with Crippen LogP contribution in [0.15, 0.2) is 194 Å². The number of piperidine rings is 3. The number of hydrogen-bond acceptors (Lipinski definition) is 12. The lowest BCUT2D eigenvalue weighted by molar-refractivity contribution is -0.138. The monoisotopic (exact) mass is 1610 g/mol. The van der Waals surface area contributed by atoms with E-state index in [4.69, 9.17) is 23.2 Å². The van der Waals surface area contributed by atoms with Gasteiger partial charge in [0.25, 0.3) is 11.8 Å². The highest BCUT2D eigenvalue weighted by Gasteiger charge is 2.45. The summed E-state index contributed by atoms with van der Waals surface area (Å²) < 4.78 is 77.0. The number of carbonyl (C=O) groups excluding carboxylic acids is 5. The van der Waals surface area contributed by atoms with Crippen molar-refractivity contribution in [3.05, 3.63) is 249 Å². The van der Waals surface area contributed by atoms with Crippen molar-refractivity contribution in [3.63, 3.8) is 0 Å². The molecule has 9 aromatic rings. The number of likely N-dealkylation sites (N-methyl/N-ethyl adjacent to an activating group) is 1. The quantitative estimate of drug-likeness (QED) is 0.0394. The fourth-order valence-electron chi connectivity index (χ4n) is 14.8. The summed E-state index contributed by atoms with van der Waals surface area (Å²) in [6.45, 7) is 17.9. The van der Waals surface area contributed by atoms with Gasteiger partial charge in [0.15, 0.2) is 5.15 Å². The predicted molar refractivity (Wildman–Crippen MR) is 435 cm³/mol. The van der Waals surface area contributed by atoms with Gasteiger partial charge in [0.05, 0.1) is 56.8 Å². The van der Waals surface area contributed by atoms with Gasteiger partial charge < -0.3 is 41.4 Å². The summed E-state index contributed by atoms with van der Waals surface area (Å²) in [4.78, 5) is 88.1. The van der Waals surface area contributed by atoms with E-state index < -0.39 is 35.6 Å². The van der Waals surface area contributed by atoms with Crippen molar-refractivity contribution < 1.29 is 50.3 Å². The highest BCUT2D eigenvalue weighted by atomic mass is 35.5. The van der Waals surface area contributed by atoms with E-state index in [0.29, 0.717) is 55.3 Å². The van der Waals surface area contributed by atoms with E-state index in [1.165, 1.54) is 37.0 Å². The van der Waals surface area contributed by atoms with Gasteiger partial charge >= 0.3 is 30.4 Å². The average Bonchev–Trinajstić information content (AvgIpc) is 1.63. The number of fused-ring (bicyclic) bond motifs is 1. The first kappa shape index (κ1) is 84.8. The summed E-state index contributed by atoms with van der Waals surface area (Å²) in [7, 11) is 3.74. The third kappa shape index (κ3) is 23.8. The van der Waals surface area contributed by atoms with Crippen LogP contribution in [0.2, 0.25) is 10.2 Å². The number of urea groups is 3. The molecule has 7 aromatic carbocycles. The molecule has 5 fully saturated rings. The minimum absolute atomic E-state index is 0.0198. The summed E-state index contributed by atoms with van der Waals surface area (Å²) in [5.74, 6) is 1.23. The number of hydrogen-bond donors (Lipinski definition) is 6. The molecule has 4 unspecified atom stereocenters. The number of nitrogens with one attached hydrogen (secondary N) is 6. The largest absolute Gasteiger partial charge is 0.416 e. The number of aromatic nitrogens is 3. The van der Waals surface area contributed by atoms with E-state index in [9.17, 15) is 50.3 Å². The zero-order chi connectivity index (χ0) is 81.1. The van der Waals surface area contributed by atoms with Gasteiger partial charge in [0, 0.05) is 116 Å². The van der Waals surface area contributed by atoms with Gasteiger partial charge in [0.2, 0.25) is 0 Å². The third-order valence-electron chi connectivity index (χ3n) is 21.2. The van der Waals surface area contributed by atoms with Gasteiger partial charge in [-0.05, 0) is 166 Å². The first-order valence-corrected chi connectivity index (χ1v) is 39.2. The Bertz CT molecular complexity index is 4630. The van der Waals surface area contributed by atoms with Crippen LogP contribution in [-0.2, 0) is 43.3 Å². The van der Waals surface area contributed by atoms with Gasteiger partial charge in [-0.2, -0.15) is 26.3 Å². The van der Waals surface area contributed by atoms with E-state index in [1.54, 1.807) is 46.4 Å². The molecule has 8 amide bonds. The lowest BCUT2D eigenvalue weighted by Gasteiger charge is -2.41. The normalized spacial score (nSPS) is 18.8. The summed E-state index contributed by atoms with van der Waals surface area (Å²) in [5, 5.41) is 17.4. The molecule has 5 saturated heterocycles. The van der Waals surface area contributed by atoms with E-state index >= 15 is 0 Å². The maximum Gasteiger partial charge on any atom is 0.416 e. The number of imidazole rings is 1. The van der Waals surface area contributed by atoms with Crippen LogP contribution in [0.25, 0.3) is 11.0 Å². The van der Waals surface area contributed by atoms with Crippen LogP contribution in [0.5, 0.6) is 0 Å². The van der Waals surface area contributed by atoms with E-state index in [0.717, 1.165) is 142 Å². The number of amides is 8. The molecule has 0 saturated carbocycles. The Morgan fingerprint density at radius 1 is 0.570 bits per heavy atom. The second-order valence-corrected chi connectivity index (χ2v) is 30.2. The Labute approximate surface area is 671 Å². The van der Waals surface area contributed by atoms with Crippen molar-refractivity contribution in [2.24, 2.45) is 5.92 Å². The number of carbonyl (C=O) groups is 5. The summed E-state index contributed by atoms with van der Waals surface area (Å²) >= 11 is 11.8. The number of aromatic amines is 1. The molecule has 6 N–H and O–H groups in total. The zero-order valence-corrected chi connectivity index (χ0v) is 66.1. The van der Waals surface area contributed by atoms with E-state index in [-0.39, 0.29) is 57.9 Å². The molecule has 0 spiro atoms. The Balaban J connectivity index is 0.000000150. The molecule has 0 bridgehead atoms. The molecule has 0 aliphatic carbocycles. The molecule has 114 heavy (non-hydrogen) atoms. The molecule has 2 aromatic heterocycles. The predicted octanol–water partition coefficient (Wildman–Crippen LogP) is 16.5. The summed E-state index contributed by atoms with van der Waals surface area (Å²) in [5.41, 5.74) is 7.15. The van der Waals surface area contributed by atoms with Crippen molar-refractivity contribution in [2.45, 2.75) is 122 Å². The Kier molecular flexibility index (Phi) is 29.6. The van der Waals surface area contributed by atoms with Crippen molar-refractivity contribution in [3.8, 4) is 0 Å². The number of halogens is 8. The number of para-hydroxylation sites is 3. The number of nitrogens with zero attached hydrogens (tertiary/aromatic N) is 10. The van der Waals surface area contributed by atoms with Crippen molar-refractivity contribution in [2.75, 3.05) is 101 Å².